The van der Waals surface area contributed by atoms with Crippen LogP contribution >= 0.6 is 15.9 Å². The number of aryl methyl sites for hydroxylation is 1. The van der Waals surface area contributed by atoms with Gasteiger partial charge in [-0.15, -0.1) is 5.11 Å². The Morgan fingerprint density at radius 3 is 2.52 bits per heavy atom. The lowest BCUT2D eigenvalue weighted by Gasteiger charge is -1.98. The van der Waals surface area contributed by atoms with Gasteiger partial charge in [0.05, 0.1) is 10.4 Å². The molecule has 1 heterocycles. The number of hydrogen-bond acceptors (Lipinski definition) is 4. The number of nitrogens with one attached hydrogen (secondary N) is 1. The average molecular weight is 394 g/mol. The Morgan fingerprint density at radius 2 is 1.83 bits per heavy atom. The van der Waals surface area contributed by atoms with Gasteiger partial charge in [-0.3, -0.25) is 0 Å². The molecule has 0 bridgehead atoms. The lowest BCUT2D eigenvalue weighted by atomic mass is 10.2. The molecule has 0 radical (unpaired) electrons. The second-order valence-corrected chi connectivity index (χ2v) is 7.48. The van der Waals surface area contributed by atoms with Crippen molar-refractivity contribution < 1.29 is 13.5 Å². The Balaban J connectivity index is 2.04. The lowest BCUT2D eigenvalue weighted by molar-refractivity contribution is 0.459. The molecule has 0 spiro atoms. The molecule has 0 aliphatic carbocycles. The second kappa shape index (κ2) is 5.78. The van der Waals surface area contributed by atoms with Crippen LogP contribution in [0.4, 0.5) is 5.69 Å². The highest BCUT2D eigenvalue weighted by Gasteiger charge is 2.15. The molecule has 8 heteroatoms. The molecule has 2 aromatic carbocycles. The largest absolute Gasteiger partial charge is 0.493 e. The average Bonchev–Trinajstić information content (AvgIpc) is 2.80. The summed E-state index contributed by atoms with van der Waals surface area (Å²) in [5.74, 6) is -0.235. The number of hydrogen-bond donors (Lipinski definition) is 2. The van der Waals surface area contributed by atoms with E-state index in [1.54, 1.807) is 30.3 Å². The zero-order valence-electron chi connectivity index (χ0n) is 12.0. The molecular weight excluding hydrogens is 382 g/mol. The summed E-state index contributed by atoms with van der Waals surface area (Å²) in [6.07, 6.45) is 0. The highest BCUT2D eigenvalue weighted by Crippen LogP contribution is 2.37. The first-order valence-electron chi connectivity index (χ1n) is 6.62. The molecule has 0 atom stereocenters. The first-order valence-corrected chi connectivity index (χ1v) is 8.85. The van der Waals surface area contributed by atoms with Crippen LogP contribution in [0.3, 0.4) is 0 Å². The minimum Gasteiger partial charge on any atom is -0.493 e. The number of aromatic nitrogens is 1. The maximum Gasteiger partial charge on any atom is 0.299 e. The van der Waals surface area contributed by atoms with E-state index in [4.69, 9.17) is 0 Å². The van der Waals surface area contributed by atoms with Crippen LogP contribution < -0.4 is 0 Å². The highest BCUT2D eigenvalue weighted by atomic mass is 79.9. The molecule has 0 fully saturated rings. The predicted molar refractivity (Wildman–Crippen MR) is 90.5 cm³/mol. The van der Waals surface area contributed by atoms with Crippen molar-refractivity contribution in [3.63, 3.8) is 0 Å². The summed E-state index contributed by atoms with van der Waals surface area (Å²) in [6, 6.07) is 11.6. The van der Waals surface area contributed by atoms with Crippen LogP contribution in [0.1, 0.15) is 5.56 Å². The van der Waals surface area contributed by atoms with Gasteiger partial charge in [0.2, 0.25) is 5.88 Å². The Kier molecular flexibility index (Phi) is 3.95. The van der Waals surface area contributed by atoms with E-state index in [0.717, 1.165) is 10.0 Å². The second-order valence-electron chi connectivity index (χ2n) is 4.98. The van der Waals surface area contributed by atoms with Gasteiger partial charge in [0.15, 0.2) is 5.69 Å². The van der Waals surface area contributed by atoms with Crippen LogP contribution in [-0.2, 0) is 10.0 Å². The summed E-state index contributed by atoms with van der Waals surface area (Å²) in [4.78, 5) is 2.77. The molecule has 0 unspecified atom stereocenters. The SMILES string of the molecule is Cc1ccc(S(=O)(=O)N=Nc2c(O)[nH]c3ccc(Br)cc23)cc1. The summed E-state index contributed by atoms with van der Waals surface area (Å²) in [6.45, 7) is 1.86. The van der Waals surface area contributed by atoms with Crippen molar-refractivity contribution in [2.24, 2.45) is 9.63 Å². The van der Waals surface area contributed by atoms with Gasteiger partial charge in [0.25, 0.3) is 10.0 Å². The summed E-state index contributed by atoms with van der Waals surface area (Å²) in [7, 11) is -3.93. The number of rotatable bonds is 3. The normalized spacial score (nSPS) is 12.3. The van der Waals surface area contributed by atoms with Gasteiger partial charge >= 0.3 is 0 Å². The number of sulfonamides is 1. The van der Waals surface area contributed by atoms with E-state index in [1.807, 2.05) is 6.92 Å². The van der Waals surface area contributed by atoms with Crippen LogP contribution in [0, 0.1) is 6.92 Å². The van der Waals surface area contributed by atoms with Crippen LogP contribution in [0.5, 0.6) is 5.88 Å². The van der Waals surface area contributed by atoms with E-state index in [2.05, 4.69) is 30.5 Å². The molecule has 23 heavy (non-hydrogen) atoms. The maximum absolute atomic E-state index is 12.2. The van der Waals surface area contributed by atoms with E-state index >= 15 is 0 Å². The van der Waals surface area contributed by atoms with Gasteiger partial charge in [-0.1, -0.05) is 38.1 Å². The first-order chi connectivity index (χ1) is 10.9. The molecule has 0 aliphatic rings. The van der Waals surface area contributed by atoms with E-state index < -0.39 is 10.0 Å². The van der Waals surface area contributed by atoms with Gasteiger partial charge in [-0.2, -0.15) is 8.42 Å². The molecule has 0 amide bonds. The molecular formula is C15H12BrN3O3S. The van der Waals surface area contributed by atoms with Crippen molar-refractivity contribution in [2.45, 2.75) is 11.8 Å². The van der Waals surface area contributed by atoms with Gasteiger partial charge in [-0.25, -0.2) is 0 Å². The van der Waals surface area contributed by atoms with Crippen molar-refractivity contribution in [1.82, 2.24) is 4.98 Å². The van der Waals surface area contributed by atoms with Gasteiger partial charge in [0.1, 0.15) is 0 Å². The Bertz CT molecular complexity index is 1010. The fourth-order valence-corrected chi connectivity index (χ4v) is 3.21. The number of H-pyrrole nitrogens is 1. The van der Waals surface area contributed by atoms with E-state index in [0.29, 0.717) is 10.9 Å². The molecule has 6 nitrogen and oxygen atoms in total. The number of halogens is 1. The van der Waals surface area contributed by atoms with E-state index in [9.17, 15) is 13.5 Å². The third kappa shape index (κ3) is 3.13. The Morgan fingerprint density at radius 1 is 1.13 bits per heavy atom. The fourth-order valence-electron chi connectivity index (χ4n) is 2.09. The van der Waals surface area contributed by atoms with Gasteiger partial charge in [0, 0.05) is 9.86 Å². The predicted octanol–water partition coefficient (Wildman–Crippen LogP) is 4.42. The minimum atomic E-state index is -3.93. The minimum absolute atomic E-state index is 0.0485. The van der Waals surface area contributed by atoms with E-state index in [1.165, 1.54) is 12.1 Å². The molecule has 0 saturated carbocycles. The number of fused-ring (bicyclic) bond motifs is 1. The van der Waals surface area contributed by atoms with Crippen molar-refractivity contribution >= 4 is 42.5 Å². The summed E-state index contributed by atoms with van der Waals surface area (Å²) < 4.78 is 28.6. The van der Waals surface area contributed by atoms with Crippen LogP contribution in [0.25, 0.3) is 10.9 Å². The number of benzene rings is 2. The molecule has 2 N–H and O–H groups in total. The van der Waals surface area contributed by atoms with Crippen LogP contribution in [0.15, 0.2) is 61.5 Å². The van der Waals surface area contributed by atoms with Crippen molar-refractivity contribution in [3.05, 3.63) is 52.5 Å². The molecule has 0 aliphatic heterocycles. The third-order valence-corrected chi connectivity index (χ3v) is 4.94. The third-order valence-electron chi connectivity index (χ3n) is 3.28. The fraction of sp³-hybridized carbons (Fsp3) is 0.0667. The van der Waals surface area contributed by atoms with Crippen molar-refractivity contribution in [1.29, 1.82) is 0 Å². The standard InChI is InChI=1S/C15H12BrN3O3S/c1-9-2-5-11(6-3-9)23(21,22)19-18-14-12-8-10(16)4-7-13(12)17-15(14)20/h2-8,17,20H,1H3. The van der Waals surface area contributed by atoms with Crippen LogP contribution in [0.2, 0.25) is 0 Å². The Labute approximate surface area is 141 Å². The maximum atomic E-state index is 12.2. The summed E-state index contributed by atoms with van der Waals surface area (Å²) in [5.41, 5.74) is 1.66. The van der Waals surface area contributed by atoms with Crippen LogP contribution in [-0.4, -0.2) is 18.5 Å². The van der Waals surface area contributed by atoms with Crippen molar-refractivity contribution in [3.8, 4) is 5.88 Å². The smallest absolute Gasteiger partial charge is 0.299 e. The van der Waals surface area contributed by atoms with E-state index in [-0.39, 0.29) is 16.5 Å². The quantitative estimate of drug-likeness (QED) is 0.644. The molecule has 1 aromatic heterocycles. The zero-order chi connectivity index (χ0) is 16.6. The molecule has 118 valence electrons. The lowest BCUT2D eigenvalue weighted by Crippen LogP contribution is -1.95. The van der Waals surface area contributed by atoms with Gasteiger partial charge < -0.3 is 10.1 Å². The molecule has 3 rings (SSSR count). The first kappa shape index (κ1) is 15.7. The highest BCUT2D eigenvalue weighted by molar-refractivity contribution is 9.10. The number of aromatic amines is 1. The summed E-state index contributed by atoms with van der Waals surface area (Å²) in [5, 5.41) is 14.2. The zero-order valence-corrected chi connectivity index (χ0v) is 14.4. The van der Waals surface area contributed by atoms with Gasteiger partial charge in [-0.05, 0) is 37.3 Å². The topological polar surface area (TPSA) is 94.9 Å². The number of nitrogens with zero attached hydrogens (tertiary/aromatic N) is 2. The van der Waals surface area contributed by atoms with Crippen molar-refractivity contribution in [2.75, 3.05) is 0 Å². The molecule has 3 aromatic rings. The summed E-state index contributed by atoms with van der Waals surface area (Å²) >= 11 is 3.32. The monoisotopic (exact) mass is 393 g/mol. The number of aromatic hydroxyl groups is 1. The molecule has 0 saturated heterocycles. The Hall–Kier alpha value is -2.19.